The van der Waals surface area contributed by atoms with Crippen molar-refractivity contribution in [3.8, 4) is 0 Å². The number of carbonyl (C=O) groups is 2. The molecule has 0 fully saturated rings. The summed E-state index contributed by atoms with van der Waals surface area (Å²) in [6.45, 7) is 5.51. The van der Waals surface area contributed by atoms with E-state index in [1.807, 2.05) is 30.3 Å². The first-order valence-electron chi connectivity index (χ1n) is 6.71. The van der Waals surface area contributed by atoms with Gasteiger partial charge in [0.15, 0.2) is 0 Å². The molecule has 0 unspecified atom stereocenters. The van der Waals surface area contributed by atoms with Crippen molar-refractivity contribution in [3.05, 3.63) is 35.9 Å². The number of ether oxygens (including phenoxy) is 1. The smallest absolute Gasteiger partial charge is 0.323 e. The maximum atomic E-state index is 11.7. The van der Waals surface area contributed by atoms with Crippen LogP contribution in [0.5, 0.6) is 0 Å². The van der Waals surface area contributed by atoms with Crippen LogP contribution < -0.4 is 11.2 Å². The molecule has 0 aliphatic carbocycles. The van der Waals surface area contributed by atoms with E-state index in [1.54, 1.807) is 20.8 Å². The van der Waals surface area contributed by atoms with Gasteiger partial charge in [-0.1, -0.05) is 30.3 Å². The summed E-state index contributed by atoms with van der Waals surface area (Å²) in [4.78, 5) is 28.3. The zero-order valence-electron chi connectivity index (χ0n) is 12.6. The molecule has 3 N–H and O–H groups in total. The molecule has 0 aliphatic rings. The van der Waals surface area contributed by atoms with Gasteiger partial charge in [-0.15, -0.1) is 0 Å². The second kappa shape index (κ2) is 7.75. The van der Waals surface area contributed by atoms with E-state index in [2.05, 4.69) is 5.48 Å². The Morgan fingerprint density at radius 2 is 1.86 bits per heavy atom. The number of hydrogen-bond acceptors (Lipinski definition) is 5. The summed E-state index contributed by atoms with van der Waals surface area (Å²) in [6.07, 6.45) is -0.191. The van der Waals surface area contributed by atoms with E-state index in [4.69, 9.17) is 15.3 Å². The normalized spacial score (nSPS) is 12.6. The van der Waals surface area contributed by atoms with E-state index >= 15 is 0 Å². The average Bonchev–Trinajstić information content (AvgIpc) is 2.43. The van der Waals surface area contributed by atoms with Crippen LogP contribution in [0.1, 0.15) is 32.8 Å². The highest BCUT2D eigenvalue weighted by molar-refractivity contribution is 5.84. The van der Waals surface area contributed by atoms with Crippen molar-refractivity contribution in [2.45, 2.75) is 45.4 Å². The Labute approximate surface area is 124 Å². The molecule has 0 aromatic heterocycles. The van der Waals surface area contributed by atoms with Crippen molar-refractivity contribution in [2.24, 2.45) is 5.73 Å². The van der Waals surface area contributed by atoms with E-state index in [-0.39, 0.29) is 13.0 Å². The van der Waals surface area contributed by atoms with Crippen LogP contribution >= 0.6 is 0 Å². The molecular weight excluding hydrogens is 272 g/mol. The number of nitrogens with one attached hydrogen (secondary N) is 1. The predicted octanol–water partition coefficient (Wildman–Crippen LogP) is 1.29. The molecule has 1 rings (SSSR count). The second-order valence-electron chi connectivity index (χ2n) is 5.64. The topological polar surface area (TPSA) is 90.6 Å². The van der Waals surface area contributed by atoms with Gasteiger partial charge in [-0.2, -0.15) is 0 Å². The van der Waals surface area contributed by atoms with Gasteiger partial charge in [0.05, 0.1) is 12.0 Å². The Hall–Kier alpha value is -1.92. The van der Waals surface area contributed by atoms with Gasteiger partial charge in [0, 0.05) is 0 Å². The van der Waals surface area contributed by atoms with E-state index in [9.17, 15) is 9.59 Å². The minimum atomic E-state index is -1.02. The van der Waals surface area contributed by atoms with Gasteiger partial charge in [0.1, 0.15) is 12.6 Å². The van der Waals surface area contributed by atoms with Crippen LogP contribution in [0, 0.1) is 0 Å². The lowest BCUT2D eigenvalue weighted by molar-refractivity contribution is -0.152. The first-order chi connectivity index (χ1) is 9.78. The number of hydrogen-bond donors (Lipinski definition) is 2. The second-order valence-corrected chi connectivity index (χ2v) is 5.64. The Kier molecular flexibility index (Phi) is 6.33. The van der Waals surface area contributed by atoms with Crippen LogP contribution in [0.2, 0.25) is 0 Å². The molecule has 0 saturated carbocycles. The van der Waals surface area contributed by atoms with Gasteiger partial charge in [0.25, 0.3) is 0 Å². The van der Waals surface area contributed by atoms with Crippen LogP contribution in [0.25, 0.3) is 0 Å². The number of amides is 1. The van der Waals surface area contributed by atoms with E-state index in [0.717, 1.165) is 5.56 Å². The molecule has 1 amide bonds. The highest BCUT2D eigenvalue weighted by Crippen LogP contribution is 2.05. The maximum absolute atomic E-state index is 11.7. The van der Waals surface area contributed by atoms with Crippen molar-refractivity contribution >= 4 is 11.9 Å². The first-order valence-corrected chi connectivity index (χ1v) is 6.71. The third-order valence-electron chi connectivity index (χ3n) is 2.40. The van der Waals surface area contributed by atoms with Crippen LogP contribution in [0.15, 0.2) is 30.3 Å². The summed E-state index contributed by atoms with van der Waals surface area (Å²) < 4.78 is 5.05. The van der Waals surface area contributed by atoms with Gasteiger partial charge >= 0.3 is 5.97 Å². The highest BCUT2D eigenvalue weighted by atomic mass is 16.7. The van der Waals surface area contributed by atoms with Gasteiger partial charge in [-0.05, 0) is 26.3 Å². The fourth-order valence-electron chi connectivity index (χ4n) is 1.37. The van der Waals surface area contributed by atoms with E-state index in [1.165, 1.54) is 0 Å². The summed E-state index contributed by atoms with van der Waals surface area (Å²) in [5.74, 6) is -1.08. The standard InChI is InChI=1S/C15H22N2O4/c1-15(2,3)21-17-13(18)9-12(16)14(19)20-10-11-7-5-4-6-8-11/h4-8,12H,9-10,16H2,1-3H3,(H,17,18)/t12-/m0/s1. The van der Waals surface area contributed by atoms with Crippen molar-refractivity contribution in [1.82, 2.24) is 5.48 Å². The maximum Gasteiger partial charge on any atom is 0.323 e. The lowest BCUT2D eigenvalue weighted by atomic mass is 10.2. The first kappa shape index (κ1) is 17.1. The van der Waals surface area contributed by atoms with Crippen LogP contribution in [-0.2, 0) is 25.8 Å². The minimum Gasteiger partial charge on any atom is -0.460 e. The van der Waals surface area contributed by atoms with Crippen molar-refractivity contribution < 1.29 is 19.2 Å². The largest absolute Gasteiger partial charge is 0.460 e. The third-order valence-corrected chi connectivity index (χ3v) is 2.40. The fourth-order valence-corrected chi connectivity index (χ4v) is 1.37. The molecule has 0 bridgehead atoms. The summed E-state index contributed by atoms with van der Waals surface area (Å²) in [5.41, 5.74) is 8.24. The average molecular weight is 294 g/mol. The van der Waals surface area contributed by atoms with E-state index in [0.29, 0.717) is 0 Å². The predicted molar refractivity (Wildman–Crippen MR) is 77.8 cm³/mol. The SMILES string of the molecule is CC(C)(C)ONC(=O)C[C@H](N)C(=O)OCc1ccccc1. The Morgan fingerprint density at radius 1 is 1.24 bits per heavy atom. The molecule has 1 atom stereocenters. The fraction of sp³-hybridized carbons (Fsp3) is 0.467. The molecule has 6 heteroatoms. The quantitative estimate of drug-likeness (QED) is 0.609. The van der Waals surface area contributed by atoms with Gasteiger partial charge < -0.3 is 10.5 Å². The van der Waals surface area contributed by atoms with Gasteiger partial charge in [0.2, 0.25) is 5.91 Å². The summed E-state index contributed by atoms with van der Waals surface area (Å²) in [7, 11) is 0. The summed E-state index contributed by atoms with van der Waals surface area (Å²) >= 11 is 0. The number of nitrogens with two attached hydrogens (primary N) is 1. The molecule has 1 aromatic rings. The number of esters is 1. The number of rotatable bonds is 6. The van der Waals surface area contributed by atoms with Crippen molar-refractivity contribution in [2.75, 3.05) is 0 Å². The molecule has 0 saturated heterocycles. The van der Waals surface area contributed by atoms with Gasteiger partial charge in [-0.25, -0.2) is 5.48 Å². The summed E-state index contributed by atoms with van der Waals surface area (Å²) in [6, 6.07) is 8.22. The number of hydroxylamine groups is 1. The zero-order chi connectivity index (χ0) is 15.9. The highest BCUT2D eigenvalue weighted by Gasteiger charge is 2.20. The van der Waals surface area contributed by atoms with Crippen molar-refractivity contribution in [1.29, 1.82) is 0 Å². The summed E-state index contributed by atoms with van der Waals surface area (Å²) in [5, 5.41) is 0. The van der Waals surface area contributed by atoms with Crippen molar-refractivity contribution in [3.63, 3.8) is 0 Å². The molecule has 6 nitrogen and oxygen atoms in total. The molecule has 116 valence electrons. The zero-order valence-corrected chi connectivity index (χ0v) is 12.6. The monoisotopic (exact) mass is 294 g/mol. The molecule has 0 heterocycles. The molecular formula is C15H22N2O4. The Balaban J connectivity index is 2.32. The lowest BCUT2D eigenvalue weighted by Crippen LogP contribution is -2.40. The molecule has 0 radical (unpaired) electrons. The molecule has 1 aromatic carbocycles. The van der Waals surface area contributed by atoms with Crippen LogP contribution in [0.3, 0.4) is 0 Å². The van der Waals surface area contributed by atoms with E-state index < -0.39 is 23.5 Å². The van der Waals surface area contributed by atoms with Gasteiger partial charge in [-0.3, -0.25) is 14.4 Å². The molecule has 21 heavy (non-hydrogen) atoms. The van der Waals surface area contributed by atoms with Crippen LogP contribution in [-0.4, -0.2) is 23.5 Å². The Bertz CT molecular complexity index is 468. The lowest BCUT2D eigenvalue weighted by Gasteiger charge is -2.19. The van der Waals surface area contributed by atoms with Crippen LogP contribution in [0.4, 0.5) is 0 Å². The third kappa shape index (κ3) is 7.43. The number of carbonyl (C=O) groups excluding carboxylic acids is 2. The molecule has 0 spiro atoms. The minimum absolute atomic E-state index is 0.132. The Morgan fingerprint density at radius 3 is 2.43 bits per heavy atom. The molecule has 0 aliphatic heterocycles. The number of benzene rings is 1.